The van der Waals surface area contributed by atoms with Crippen LogP contribution in [0.5, 0.6) is 5.75 Å². The summed E-state index contributed by atoms with van der Waals surface area (Å²) in [6.07, 6.45) is 2.32. The van der Waals surface area contributed by atoms with E-state index in [4.69, 9.17) is 4.74 Å². The zero-order valence-corrected chi connectivity index (χ0v) is 11.7. The van der Waals surface area contributed by atoms with E-state index in [0.29, 0.717) is 24.0 Å². The van der Waals surface area contributed by atoms with Gasteiger partial charge in [-0.25, -0.2) is 0 Å². The molecule has 1 aromatic carbocycles. The number of nitro benzene ring substituents is 1. The Hall–Kier alpha value is -1.82. The molecule has 1 fully saturated rings. The van der Waals surface area contributed by atoms with Gasteiger partial charge in [-0.15, -0.1) is 0 Å². The summed E-state index contributed by atoms with van der Waals surface area (Å²) in [4.78, 5) is 10.8. The van der Waals surface area contributed by atoms with Crippen LogP contribution in [0.2, 0.25) is 0 Å². The van der Waals surface area contributed by atoms with Crippen LogP contribution in [-0.2, 0) is 0 Å². The minimum Gasteiger partial charge on any atom is -0.494 e. The molecule has 1 aliphatic rings. The van der Waals surface area contributed by atoms with Crippen molar-refractivity contribution in [2.75, 3.05) is 31.6 Å². The van der Waals surface area contributed by atoms with Crippen molar-refractivity contribution in [3.05, 3.63) is 28.3 Å². The molecular formula is C14H21N3O3. The van der Waals surface area contributed by atoms with Crippen molar-refractivity contribution in [2.45, 2.75) is 19.8 Å². The van der Waals surface area contributed by atoms with Crippen LogP contribution >= 0.6 is 0 Å². The largest absolute Gasteiger partial charge is 0.494 e. The number of benzene rings is 1. The van der Waals surface area contributed by atoms with Crippen molar-refractivity contribution in [1.29, 1.82) is 0 Å². The summed E-state index contributed by atoms with van der Waals surface area (Å²) in [5, 5.41) is 17.7. The summed E-state index contributed by atoms with van der Waals surface area (Å²) < 4.78 is 5.30. The molecule has 0 aromatic heterocycles. The number of ether oxygens (including phenoxy) is 1. The van der Waals surface area contributed by atoms with Crippen molar-refractivity contribution in [3.8, 4) is 5.75 Å². The van der Waals surface area contributed by atoms with Gasteiger partial charge in [0, 0.05) is 6.54 Å². The fraction of sp³-hybridized carbons (Fsp3) is 0.571. The molecule has 2 rings (SSSR count). The quantitative estimate of drug-likeness (QED) is 0.617. The Bertz CT molecular complexity index is 459. The molecule has 110 valence electrons. The molecule has 0 spiro atoms. The molecular weight excluding hydrogens is 258 g/mol. The van der Waals surface area contributed by atoms with Gasteiger partial charge in [-0.1, -0.05) is 0 Å². The lowest BCUT2D eigenvalue weighted by Gasteiger charge is -2.23. The number of rotatable bonds is 6. The molecule has 0 aliphatic carbocycles. The van der Waals surface area contributed by atoms with Gasteiger partial charge in [-0.3, -0.25) is 10.1 Å². The van der Waals surface area contributed by atoms with E-state index in [2.05, 4.69) is 10.6 Å². The first kappa shape index (κ1) is 14.6. The molecule has 1 aliphatic heterocycles. The van der Waals surface area contributed by atoms with Gasteiger partial charge in [-0.05, 0) is 50.9 Å². The van der Waals surface area contributed by atoms with Crippen LogP contribution in [0.4, 0.5) is 11.4 Å². The van der Waals surface area contributed by atoms with Gasteiger partial charge in [-0.2, -0.15) is 0 Å². The van der Waals surface area contributed by atoms with Gasteiger partial charge in [0.1, 0.15) is 11.4 Å². The summed E-state index contributed by atoms with van der Waals surface area (Å²) >= 11 is 0. The van der Waals surface area contributed by atoms with E-state index in [0.717, 1.165) is 32.5 Å². The van der Waals surface area contributed by atoms with Gasteiger partial charge in [0.25, 0.3) is 5.69 Å². The van der Waals surface area contributed by atoms with Crippen molar-refractivity contribution < 1.29 is 9.66 Å². The second kappa shape index (κ2) is 7.09. The predicted molar refractivity (Wildman–Crippen MR) is 78.3 cm³/mol. The first-order valence-electron chi connectivity index (χ1n) is 7.06. The van der Waals surface area contributed by atoms with E-state index >= 15 is 0 Å². The normalized spacial score (nSPS) is 18.6. The molecule has 1 unspecified atom stereocenters. The highest BCUT2D eigenvalue weighted by atomic mass is 16.6. The molecule has 0 saturated carbocycles. The molecule has 0 radical (unpaired) electrons. The summed E-state index contributed by atoms with van der Waals surface area (Å²) in [6, 6.07) is 4.96. The van der Waals surface area contributed by atoms with Gasteiger partial charge in [0.15, 0.2) is 0 Å². The van der Waals surface area contributed by atoms with Crippen LogP contribution in [0.25, 0.3) is 0 Å². The Kier molecular flexibility index (Phi) is 5.17. The second-order valence-corrected chi connectivity index (χ2v) is 4.96. The smallest absolute Gasteiger partial charge is 0.296 e. The minimum absolute atomic E-state index is 0.0692. The fourth-order valence-corrected chi connectivity index (χ4v) is 2.42. The third-order valence-corrected chi connectivity index (χ3v) is 3.46. The first-order chi connectivity index (χ1) is 9.70. The molecule has 0 bridgehead atoms. The van der Waals surface area contributed by atoms with Crippen LogP contribution < -0.4 is 15.4 Å². The molecule has 6 heteroatoms. The van der Waals surface area contributed by atoms with E-state index in [9.17, 15) is 10.1 Å². The standard InChI is InChI=1S/C14H21N3O3/c1-2-20-12-5-6-13(14(8-12)17(18)19)16-10-11-4-3-7-15-9-11/h5-6,8,11,15-16H,2-4,7,9-10H2,1H3. The van der Waals surface area contributed by atoms with E-state index in [1.54, 1.807) is 12.1 Å². The molecule has 20 heavy (non-hydrogen) atoms. The summed E-state index contributed by atoms with van der Waals surface area (Å²) in [6.45, 7) is 5.14. The van der Waals surface area contributed by atoms with Crippen molar-refractivity contribution in [1.82, 2.24) is 5.32 Å². The van der Waals surface area contributed by atoms with Crippen molar-refractivity contribution >= 4 is 11.4 Å². The van der Waals surface area contributed by atoms with Crippen molar-refractivity contribution in [3.63, 3.8) is 0 Å². The topological polar surface area (TPSA) is 76.4 Å². The zero-order valence-electron chi connectivity index (χ0n) is 11.7. The van der Waals surface area contributed by atoms with Crippen LogP contribution in [0.1, 0.15) is 19.8 Å². The number of hydrogen-bond donors (Lipinski definition) is 2. The second-order valence-electron chi connectivity index (χ2n) is 4.96. The minimum atomic E-state index is -0.371. The Balaban J connectivity index is 2.03. The van der Waals surface area contributed by atoms with Gasteiger partial charge in [0.2, 0.25) is 0 Å². The van der Waals surface area contributed by atoms with Crippen LogP contribution in [0.3, 0.4) is 0 Å². The average Bonchev–Trinajstić information content (AvgIpc) is 2.47. The molecule has 1 heterocycles. The number of anilines is 1. The molecule has 0 amide bonds. The molecule has 6 nitrogen and oxygen atoms in total. The first-order valence-corrected chi connectivity index (χ1v) is 7.06. The third-order valence-electron chi connectivity index (χ3n) is 3.46. The van der Waals surface area contributed by atoms with Gasteiger partial charge >= 0.3 is 0 Å². The maximum atomic E-state index is 11.1. The number of hydrogen-bond acceptors (Lipinski definition) is 5. The lowest BCUT2D eigenvalue weighted by molar-refractivity contribution is -0.384. The summed E-state index contributed by atoms with van der Waals surface area (Å²) in [5.41, 5.74) is 0.628. The van der Waals surface area contributed by atoms with Crippen molar-refractivity contribution in [2.24, 2.45) is 5.92 Å². The van der Waals surface area contributed by atoms with E-state index < -0.39 is 0 Å². The lowest BCUT2D eigenvalue weighted by Crippen LogP contribution is -2.33. The van der Waals surface area contributed by atoms with E-state index in [-0.39, 0.29) is 10.6 Å². The van der Waals surface area contributed by atoms with Crippen LogP contribution in [0, 0.1) is 16.0 Å². The maximum Gasteiger partial charge on any atom is 0.296 e. The molecule has 1 atom stereocenters. The predicted octanol–water partition coefficient (Wildman–Crippen LogP) is 2.41. The van der Waals surface area contributed by atoms with Gasteiger partial charge < -0.3 is 15.4 Å². The number of piperidine rings is 1. The number of nitrogens with one attached hydrogen (secondary N) is 2. The third kappa shape index (κ3) is 3.84. The van der Waals surface area contributed by atoms with E-state index in [1.807, 2.05) is 6.92 Å². The Morgan fingerprint density at radius 1 is 1.55 bits per heavy atom. The highest BCUT2D eigenvalue weighted by Gasteiger charge is 2.17. The average molecular weight is 279 g/mol. The fourth-order valence-electron chi connectivity index (χ4n) is 2.42. The Morgan fingerprint density at radius 2 is 2.40 bits per heavy atom. The zero-order chi connectivity index (χ0) is 14.4. The summed E-state index contributed by atoms with van der Waals surface area (Å²) in [7, 11) is 0. The Labute approximate surface area is 118 Å². The highest BCUT2D eigenvalue weighted by molar-refractivity contribution is 5.63. The molecule has 2 N–H and O–H groups in total. The lowest BCUT2D eigenvalue weighted by atomic mass is 9.99. The SMILES string of the molecule is CCOc1ccc(NCC2CCCNC2)c([N+](=O)[O-])c1. The molecule has 1 saturated heterocycles. The number of nitrogens with zero attached hydrogens (tertiary/aromatic N) is 1. The highest BCUT2D eigenvalue weighted by Crippen LogP contribution is 2.29. The number of nitro groups is 1. The molecule has 1 aromatic rings. The van der Waals surface area contributed by atoms with Crippen LogP contribution in [-0.4, -0.2) is 31.2 Å². The monoisotopic (exact) mass is 279 g/mol. The van der Waals surface area contributed by atoms with E-state index in [1.165, 1.54) is 6.07 Å². The van der Waals surface area contributed by atoms with Gasteiger partial charge in [0.05, 0.1) is 17.6 Å². The summed E-state index contributed by atoms with van der Waals surface area (Å²) in [5.74, 6) is 1.05. The Morgan fingerprint density at radius 3 is 3.05 bits per heavy atom. The van der Waals surface area contributed by atoms with Crippen LogP contribution in [0.15, 0.2) is 18.2 Å². The maximum absolute atomic E-state index is 11.1.